The fourth-order valence-corrected chi connectivity index (χ4v) is 4.81. The van der Waals surface area contributed by atoms with Crippen LogP contribution in [-0.4, -0.2) is 42.6 Å². The molecule has 47 heavy (non-hydrogen) atoms. The van der Waals surface area contributed by atoms with Gasteiger partial charge in [0.15, 0.2) is 0 Å². The molecule has 2 amide bonds. The zero-order chi connectivity index (χ0) is 34.9. The van der Waals surface area contributed by atoms with E-state index < -0.39 is 54.5 Å². The van der Waals surface area contributed by atoms with Gasteiger partial charge in [-0.2, -0.15) is 13.2 Å². The molecule has 256 valence electrons. The van der Waals surface area contributed by atoms with Gasteiger partial charge >= 0.3 is 30.9 Å². The van der Waals surface area contributed by atoms with E-state index in [1.807, 2.05) is 0 Å². The van der Waals surface area contributed by atoms with Gasteiger partial charge in [0.25, 0.3) is 0 Å². The number of rotatable bonds is 14. The van der Waals surface area contributed by atoms with E-state index in [1.165, 1.54) is 12.1 Å². The lowest BCUT2D eigenvalue weighted by atomic mass is 9.77. The summed E-state index contributed by atoms with van der Waals surface area (Å²) in [5.41, 5.74) is -1.21. The smallest absolute Gasteiger partial charge is 0.481 e. The first kappa shape index (κ1) is 36.8. The fraction of sp³-hybridized carbons (Fsp3) is 0.355. The molecule has 0 aliphatic rings. The number of aliphatic carboxylic acids is 1. The maximum atomic E-state index is 13.1. The van der Waals surface area contributed by atoms with Gasteiger partial charge in [0, 0.05) is 12.8 Å². The van der Waals surface area contributed by atoms with E-state index in [0.29, 0.717) is 31.2 Å². The van der Waals surface area contributed by atoms with Gasteiger partial charge in [-0.1, -0.05) is 55.0 Å². The number of alkyl halides is 9. The number of amides is 2. The summed E-state index contributed by atoms with van der Waals surface area (Å²) >= 11 is 0. The van der Waals surface area contributed by atoms with Crippen molar-refractivity contribution in [1.82, 2.24) is 10.6 Å². The van der Waals surface area contributed by atoms with Crippen LogP contribution in [0.5, 0.6) is 11.5 Å². The average Bonchev–Trinajstić information content (AvgIpc) is 2.94. The van der Waals surface area contributed by atoms with Crippen LogP contribution in [0.3, 0.4) is 0 Å². The Hall–Kier alpha value is -4.63. The molecule has 3 rings (SSSR count). The molecule has 0 unspecified atom stereocenters. The van der Waals surface area contributed by atoms with Crippen molar-refractivity contribution in [2.24, 2.45) is 0 Å². The van der Waals surface area contributed by atoms with Gasteiger partial charge in [-0.3, -0.25) is 4.79 Å². The fourth-order valence-electron chi connectivity index (χ4n) is 4.81. The predicted octanol–water partition coefficient (Wildman–Crippen LogP) is 8.02. The minimum absolute atomic E-state index is 0.0228. The number of halogens is 9. The quantitative estimate of drug-likeness (QED) is 0.118. The van der Waals surface area contributed by atoms with Crippen molar-refractivity contribution in [3.63, 3.8) is 0 Å². The van der Waals surface area contributed by atoms with Gasteiger partial charge in [0.1, 0.15) is 18.0 Å². The topological polar surface area (TPSA) is 96.9 Å². The van der Waals surface area contributed by atoms with Gasteiger partial charge in [-0.15, -0.1) is 26.3 Å². The number of hydrogen-bond acceptors (Lipinski definition) is 4. The lowest BCUT2D eigenvalue weighted by Gasteiger charge is -2.37. The number of carbonyl (C=O) groups is 2. The molecule has 3 aromatic rings. The van der Waals surface area contributed by atoms with Crippen LogP contribution in [0.2, 0.25) is 0 Å². The van der Waals surface area contributed by atoms with Gasteiger partial charge < -0.3 is 25.2 Å². The first-order valence-electron chi connectivity index (χ1n) is 14.0. The normalized spacial score (nSPS) is 12.4. The summed E-state index contributed by atoms with van der Waals surface area (Å²) in [6.45, 7) is -1.79. The summed E-state index contributed by atoms with van der Waals surface area (Å²) in [6.07, 6.45) is -13.1. The number of carbonyl (C=O) groups excluding carboxylic acids is 1. The van der Waals surface area contributed by atoms with E-state index in [1.54, 1.807) is 29.6 Å². The highest BCUT2D eigenvalue weighted by Crippen LogP contribution is 2.38. The number of carboxylic acids is 1. The van der Waals surface area contributed by atoms with E-state index in [2.05, 4.69) is 14.8 Å². The molecular formula is C31H29F9N2O5. The third-order valence-electron chi connectivity index (χ3n) is 6.75. The largest absolute Gasteiger partial charge is 0.573 e. The SMILES string of the molecule is O=C(O)CCCCCc1ccc(CC(NC(=O)NCC(F)(F)F)(c2cccc(OC(F)(F)F)c2)c2cccc(OC(F)(F)F)c2)cc1. The highest BCUT2D eigenvalue weighted by atomic mass is 19.4. The van der Waals surface area contributed by atoms with Crippen LogP contribution in [0.15, 0.2) is 72.8 Å². The number of carboxylic acid groups (broad SMARTS) is 1. The Morgan fingerprint density at radius 1 is 0.681 bits per heavy atom. The third kappa shape index (κ3) is 12.6. The summed E-state index contributed by atoms with van der Waals surface area (Å²) in [7, 11) is 0. The molecule has 0 saturated carbocycles. The second-order valence-electron chi connectivity index (χ2n) is 10.4. The van der Waals surface area contributed by atoms with Crippen LogP contribution < -0.4 is 20.1 Å². The van der Waals surface area contributed by atoms with E-state index in [4.69, 9.17) is 5.11 Å². The Morgan fingerprint density at radius 3 is 1.66 bits per heavy atom. The lowest BCUT2D eigenvalue weighted by molar-refractivity contribution is -0.275. The number of hydrogen-bond donors (Lipinski definition) is 3. The van der Waals surface area contributed by atoms with E-state index in [9.17, 15) is 49.1 Å². The number of aryl methyl sites for hydroxylation is 1. The van der Waals surface area contributed by atoms with Crippen LogP contribution in [-0.2, 0) is 23.2 Å². The van der Waals surface area contributed by atoms with Crippen molar-refractivity contribution < 1.29 is 63.7 Å². The number of urea groups is 1. The third-order valence-corrected chi connectivity index (χ3v) is 6.75. The number of nitrogens with one attached hydrogen (secondary N) is 2. The summed E-state index contributed by atoms with van der Waals surface area (Å²) in [5, 5.41) is 12.8. The predicted molar refractivity (Wildman–Crippen MR) is 150 cm³/mol. The van der Waals surface area contributed by atoms with Gasteiger partial charge in [0.2, 0.25) is 0 Å². The Bertz CT molecular complexity index is 1430. The molecule has 0 aliphatic carbocycles. The van der Waals surface area contributed by atoms with Crippen LogP contribution in [0.1, 0.15) is 47.9 Å². The number of ether oxygens (including phenoxy) is 2. The standard InChI is InChI=1S/C31H29F9N2O5/c32-29(33,34)19-41-27(45)42-28(22-7-4-9-24(16-22)46-30(35,36)37,23-8-5-10-25(17-23)47-31(38,39)40)18-21-14-12-20(13-15-21)6-2-1-3-11-26(43)44/h4-5,7-10,12-17H,1-3,6,11,18-19H2,(H,43,44)(H2,41,42,45). The van der Waals surface area contributed by atoms with Crippen molar-refractivity contribution in [3.05, 3.63) is 95.1 Å². The molecule has 7 nitrogen and oxygen atoms in total. The molecule has 0 heterocycles. The Labute approximate surface area is 262 Å². The van der Waals surface area contributed by atoms with Gasteiger partial charge in [0.05, 0.1) is 5.54 Å². The maximum Gasteiger partial charge on any atom is 0.573 e. The van der Waals surface area contributed by atoms with Crippen molar-refractivity contribution in [1.29, 1.82) is 0 Å². The number of unbranched alkanes of at least 4 members (excludes halogenated alkanes) is 2. The van der Waals surface area contributed by atoms with E-state index in [-0.39, 0.29) is 24.0 Å². The molecule has 3 aromatic carbocycles. The van der Waals surface area contributed by atoms with Gasteiger partial charge in [-0.25, -0.2) is 4.79 Å². The van der Waals surface area contributed by atoms with Crippen molar-refractivity contribution in [2.45, 2.75) is 63.0 Å². The van der Waals surface area contributed by atoms with Crippen molar-refractivity contribution >= 4 is 12.0 Å². The van der Waals surface area contributed by atoms with Crippen LogP contribution in [0.4, 0.5) is 44.3 Å². The molecule has 0 fully saturated rings. The molecule has 16 heteroatoms. The second-order valence-corrected chi connectivity index (χ2v) is 10.4. The summed E-state index contributed by atoms with van der Waals surface area (Å²) < 4.78 is 126. The first-order chi connectivity index (χ1) is 21.8. The number of benzene rings is 3. The summed E-state index contributed by atoms with van der Waals surface area (Å²) in [5.74, 6) is -2.44. The molecule has 0 bridgehead atoms. The molecule has 0 radical (unpaired) electrons. The van der Waals surface area contributed by atoms with Crippen LogP contribution >= 0.6 is 0 Å². The summed E-state index contributed by atoms with van der Waals surface area (Å²) in [6, 6.07) is 13.4. The lowest BCUT2D eigenvalue weighted by Crippen LogP contribution is -2.53. The Kier molecular flexibility index (Phi) is 12.0. The summed E-state index contributed by atoms with van der Waals surface area (Å²) in [4.78, 5) is 23.7. The minimum Gasteiger partial charge on any atom is -0.481 e. The first-order valence-corrected chi connectivity index (χ1v) is 14.0. The molecule has 0 atom stereocenters. The zero-order valence-corrected chi connectivity index (χ0v) is 24.4. The molecule has 0 spiro atoms. The highest BCUT2D eigenvalue weighted by molar-refractivity contribution is 5.76. The Balaban J connectivity index is 2.11. The Morgan fingerprint density at radius 2 is 1.19 bits per heavy atom. The minimum atomic E-state index is -5.15. The van der Waals surface area contributed by atoms with Crippen molar-refractivity contribution in [2.75, 3.05) is 6.54 Å². The second kappa shape index (κ2) is 15.3. The average molecular weight is 681 g/mol. The molecular weight excluding hydrogens is 651 g/mol. The van der Waals surface area contributed by atoms with Gasteiger partial charge in [-0.05, 0) is 65.8 Å². The zero-order valence-electron chi connectivity index (χ0n) is 24.4. The van der Waals surface area contributed by atoms with Crippen molar-refractivity contribution in [3.8, 4) is 11.5 Å². The van der Waals surface area contributed by atoms with Crippen LogP contribution in [0.25, 0.3) is 0 Å². The molecule has 0 aliphatic heterocycles. The highest BCUT2D eigenvalue weighted by Gasteiger charge is 2.40. The van der Waals surface area contributed by atoms with E-state index in [0.717, 1.165) is 42.0 Å². The molecule has 0 saturated heterocycles. The molecule has 0 aromatic heterocycles. The maximum absolute atomic E-state index is 13.1. The monoisotopic (exact) mass is 680 g/mol. The van der Waals surface area contributed by atoms with Crippen LogP contribution in [0, 0.1) is 0 Å². The van der Waals surface area contributed by atoms with E-state index >= 15 is 0 Å². The molecule has 3 N–H and O–H groups in total.